The Hall–Kier alpha value is -2.82. The molecule has 0 atom stereocenters. The van der Waals surface area contributed by atoms with E-state index >= 15 is 0 Å². The third-order valence-corrected chi connectivity index (χ3v) is 5.04. The topological polar surface area (TPSA) is 158 Å². The first-order valence-corrected chi connectivity index (χ1v) is 9.29. The summed E-state index contributed by atoms with van der Waals surface area (Å²) in [5.74, 6) is -5.13. The molecular formula is C15H11Br2F6N5O4. The third-order valence-electron chi connectivity index (χ3n) is 3.25. The van der Waals surface area contributed by atoms with Crippen LogP contribution in [0.1, 0.15) is 5.56 Å². The molecule has 0 unspecified atom stereocenters. The molecule has 3 heterocycles. The standard InChI is InChI=1S/C11H9Br2N5.2C2HF3O2/c1-4-6(12)8(17-10(4)13)9-7-5(2-3-15-9)16-11(14)18-7;2*3-2(4,5)1(6)7/h2-3,17H,1H3,(H3,14,16,18);2*(H,6,7). The van der Waals surface area contributed by atoms with Crippen LogP contribution in [-0.4, -0.2) is 54.4 Å². The molecule has 9 nitrogen and oxygen atoms in total. The van der Waals surface area contributed by atoms with Gasteiger partial charge in [0.05, 0.1) is 15.8 Å². The number of carbonyl (C=O) groups is 2. The van der Waals surface area contributed by atoms with Crippen LogP contribution in [0.5, 0.6) is 0 Å². The number of aliphatic carboxylic acids is 2. The van der Waals surface area contributed by atoms with Crippen LogP contribution in [0.15, 0.2) is 21.3 Å². The Bertz CT molecular complexity index is 1100. The molecule has 32 heavy (non-hydrogen) atoms. The summed E-state index contributed by atoms with van der Waals surface area (Å²) in [5.41, 5.74) is 10.0. The van der Waals surface area contributed by atoms with Crippen LogP contribution in [0.25, 0.3) is 22.4 Å². The number of carboxylic acid groups (broad SMARTS) is 2. The van der Waals surface area contributed by atoms with Gasteiger partial charge in [0, 0.05) is 10.7 Å². The maximum Gasteiger partial charge on any atom is 0.490 e. The van der Waals surface area contributed by atoms with E-state index in [1.54, 1.807) is 6.20 Å². The number of H-pyrrole nitrogens is 2. The van der Waals surface area contributed by atoms with Crippen molar-refractivity contribution in [3.63, 3.8) is 0 Å². The number of hydrogen-bond donors (Lipinski definition) is 5. The first kappa shape index (κ1) is 27.2. The molecule has 0 saturated carbocycles. The van der Waals surface area contributed by atoms with Crippen LogP contribution in [0.3, 0.4) is 0 Å². The highest BCUT2D eigenvalue weighted by molar-refractivity contribution is 9.11. The summed E-state index contributed by atoms with van der Waals surface area (Å²) in [4.78, 5) is 32.7. The first-order valence-electron chi connectivity index (χ1n) is 7.71. The van der Waals surface area contributed by atoms with Crippen molar-refractivity contribution >= 4 is 60.8 Å². The number of carboxylic acids is 2. The molecule has 0 aliphatic heterocycles. The number of anilines is 1. The molecule has 176 valence electrons. The van der Waals surface area contributed by atoms with Gasteiger partial charge in [-0.15, -0.1) is 0 Å². The second kappa shape index (κ2) is 10.2. The summed E-state index contributed by atoms with van der Waals surface area (Å²) in [7, 11) is 0. The molecule has 0 bridgehead atoms. The maximum atomic E-state index is 10.6. The predicted molar refractivity (Wildman–Crippen MR) is 106 cm³/mol. The van der Waals surface area contributed by atoms with Gasteiger partial charge in [0.15, 0.2) is 5.95 Å². The highest BCUT2D eigenvalue weighted by atomic mass is 79.9. The lowest BCUT2D eigenvalue weighted by molar-refractivity contribution is -0.193. The van der Waals surface area contributed by atoms with E-state index in [0.29, 0.717) is 5.95 Å². The Morgan fingerprint density at radius 1 is 1.03 bits per heavy atom. The van der Waals surface area contributed by atoms with Gasteiger partial charge in [-0.05, 0) is 50.4 Å². The number of alkyl halides is 6. The van der Waals surface area contributed by atoms with Gasteiger partial charge in [-0.25, -0.2) is 14.6 Å². The van der Waals surface area contributed by atoms with Gasteiger partial charge in [0.1, 0.15) is 11.2 Å². The number of imidazole rings is 1. The van der Waals surface area contributed by atoms with Crippen LogP contribution in [0.4, 0.5) is 32.3 Å². The summed E-state index contributed by atoms with van der Waals surface area (Å²) >= 11 is 7.03. The SMILES string of the molecule is Cc1c(Br)[nH]c(-c2nccc3[nH]c(N)nc23)c1Br.O=C(O)C(F)(F)F.O=C(O)C(F)(F)F. The van der Waals surface area contributed by atoms with Crippen molar-refractivity contribution < 1.29 is 46.1 Å². The van der Waals surface area contributed by atoms with Gasteiger partial charge in [-0.3, -0.25) is 4.98 Å². The number of nitrogens with zero attached hydrogens (tertiary/aromatic N) is 2. The summed E-state index contributed by atoms with van der Waals surface area (Å²) in [6, 6.07) is 1.85. The molecule has 0 amide bonds. The lowest BCUT2D eigenvalue weighted by atomic mass is 10.2. The lowest BCUT2D eigenvalue weighted by Gasteiger charge is -1.99. The Morgan fingerprint density at radius 3 is 1.88 bits per heavy atom. The normalized spacial score (nSPS) is 11.3. The monoisotopic (exact) mass is 597 g/mol. The first-order chi connectivity index (χ1) is 14.5. The molecule has 0 spiro atoms. The molecule has 3 rings (SSSR count). The number of fused-ring (bicyclic) bond motifs is 1. The van der Waals surface area contributed by atoms with Gasteiger partial charge in [-0.1, -0.05) is 0 Å². The van der Waals surface area contributed by atoms with Crippen molar-refractivity contribution in [2.24, 2.45) is 0 Å². The largest absolute Gasteiger partial charge is 0.490 e. The number of nitrogen functional groups attached to an aromatic ring is 1. The quantitative estimate of drug-likeness (QED) is 0.255. The van der Waals surface area contributed by atoms with Gasteiger partial charge in [0.2, 0.25) is 0 Å². The molecule has 0 radical (unpaired) electrons. The van der Waals surface area contributed by atoms with Crippen molar-refractivity contribution in [2.75, 3.05) is 5.73 Å². The van der Waals surface area contributed by atoms with E-state index in [9.17, 15) is 26.3 Å². The number of halogens is 8. The zero-order valence-electron chi connectivity index (χ0n) is 15.4. The van der Waals surface area contributed by atoms with Crippen LogP contribution in [-0.2, 0) is 9.59 Å². The number of nitrogens with two attached hydrogens (primary N) is 1. The molecule has 0 saturated heterocycles. The minimum absolute atomic E-state index is 0.387. The fraction of sp³-hybridized carbons (Fsp3) is 0.200. The van der Waals surface area contributed by atoms with Gasteiger partial charge in [0.25, 0.3) is 0 Å². The summed E-state index contributed by atoms with van der Waals surface area (Å²) in [6.07, 6.45) is -8.44. The molecule has 17 heteroatoms. The molecule has 0 fully saturated rings. The van der Waals surface area contributed by atoms with Crippen molar-refractivity contribution in [2.45, 2.75) is 19.3 Å². The van der Waals surface area contributed by atoms with E-state index in [4.69, 9.17) is 25.5 Å². The highest BCUT2D eigenvalue weighted by Crippen LogP contribution is 2.36. The van der Waals surface area contributed by atoms with E-state index in [2.05, 4.69) is 51.8 Å². The second-order valence-corrected chi connectivity index (χ2v) is 7.12. The highest BCUT2D eigenvalue weighted by Gasteiger charge is 2.38. The third kappa shape index (κ3) is 7.11. The Kier molecular flexibility index (Phi) is 8.67. The number of aromatic amines is 2. The van der Waals surface area contributed by atoms with E-state index < -0.39 is 24.3 Å². The zero-order valence-corrected chi connectivity index (χ0v) is 18.5. The summed E-state index contributed by atoms with van der Waals surface area (Å²) in [6.45, 7) is 2.01. The zero-order chi connectivity index (χ0) is 25.0. The summed E-state index contributed by atoms with van der Waals surface area (Å²) < 4.78 is 65.4. The van der Waals surface area contributed by atoms with Gasteiger partial charge < -0.3 is 25.9 Å². The number of aromatic nitrogens is 4. The van der Waals surface area contributed by atoms with Crippen LogP contribution in [0.2, 0.25) is 0 Å². The van der Waals surface area contributed by atoms with Crippen LogP contribution >= 0.6 is 31.9 Å². The van der Waals surface area contributed by atoms with Gasteiger partial charge in [-0.2, -0.15) is 26.3 Å². The van der Waals surface area contributed by atoms with Crippen molar-refractivity contribution in [1.29, 1.82) is 0 Å². The number of hydrogen-bond acceptors (Lipinski definition) is 5. The second-order valence-electron chi connectivity index (χ2n) is 5.54. The Labute approximate surface area is 190 Å². The van der Waals surface area contributed by atoms with Crippen LogP contribution < -0.4 is 5.73 Å². The fourth-order valence-electron chi connectivity index (χ4n) is 1.84. The predicted octanol–water partition coefficient (Wildman–Crippen LogP) is 4.64. The number of rotatable bonds is 1. The van der Waals surface area contributed by atoms with Gasteiger partial charge >= 0.3 is 24.3 Å². The van der Waals surface area contributed by atoms with Crippen molar-refractivity contribution in [1.82, 2.24) is 19.9 Å². The van der Waals surface area contributed by atoms with Crippen LogP contribution in [0, 0.1) is 6.92 Å². The number of pyridine rings is 1. The minimum Gasteiger partial charge on any atom is -0.475 e. The van der Waals surface area contributed by atoms with E-state index in [0.717, 1.165) is 37.1 Å². The summed E-state index contributed by atoms with van der Waals surface area (Å²) in [5, 5.41) is 14.2. The Morgan fingerprint density at radius 2 is 1.50 bits per heavy atom. The van der Waals surface area contributed by atoms with E-state index in [1.165, 1.54) is 0 Å². The minimum atomic E-state index is -5.08. The molecular weight excluding hydrogens is 588 g/mol. The molecule has 0 aliphatic rings. The molecule has 0 aliphatic carbocycles. The van der Waals surface area contributed by atoms with Crippen molar-refractivity contribution in [3.05, 3.63) is 26.9 Å². The van der Waals surface area contributed by atoms with E-state index in [1.807, 2.05) is 13.0 Å². The molecule has 0 aromatic carbocycles. The molecule has 6 N–H and O–H groups in total. The molecule has 3 aromatic rings. The smallest absolute Gasteiger partial charge is 0.475 e. The van der Waals surface area contributed by atoms with E-state index in [-0.39, 0.29) is 0 Å². The molecule has 3 aromatic heterocycles. The average molecular weight is 599 g/mol. The number of nitrogens with one attached hydrogen (secondary N) is 2. The van der Waals surface area contributed by atoms with Crippen molar-refractivity contribution in [3.8, 4) is 11.4 Å². The lowest BCUT2D eigenvalue weighted by Crippen LogP contribution is -2.21. The Balaban J connectivity index is 0.000000305. The maximum absolute atomic E-state index is 10.6. The fourth-order valence-corrected chi connectivity index (χ4v) is 2.99. The average Bonchev–Trinajstić information content (AvgIpc) is 3.15.